The largest absolute Gasteiger partial charge is 0.490 e. The van der Waals surface area contributed by atoms with Gasteiger partial charge in [0.1, 0.15) is 17.4 Å². The quantitative estimate of drug-likeness (QED) is 0.806. The smallest absolute Gasteiger partial charge is 0.147 e. The van der Waals surface area contributed by atoms with E-state index in [0.717, 1.165) is 63.7 Å². The van der Waals surface area contributed by atoms with Gasteiger partial charge in [0.15, 0.2) is 0 Å². The predicted octanol–water partition coefficient (Wildman–Crippen LogP) is 3.50. The molecule has 0 unspecified atom stereocenters. The Morgan fingerprint density at radius 2 is 1.79 bits per heavy atom. The molecule has 0 bridgehead atoms. The molecule has 2 aromatic rings. The number of ether oxygens (including phenoxy) is 1. The number of aromatic nitrogens is 3. The Labute approximate surface area is 179 Å². The normalized spacial score (nSPS) is 21.0. The van der Waals surface area contributed by atoms with Crippen LogP contribution < -0.4 is 10.1 Å². The maximum absolute atomic E-state index is 6.34. The number of piperidine rings is 1. The predicted molar refractivity (Wildman–Crippen MR) is 116 cm³/mol. The fourth-order valence-electron chi connectivity index (χ4n) is 4.94. The number of hydrogen-bond acceptors (Lipinski definition) is 5. The zero-order chi connectivity index (χ0) is 18.8. The molecule has 29 heavy (non-hydrogen) atoms. The molecule has 0 atom stereocenters. The topological polar surface area (TPSA) is 55.2 Å². The second-order valence-corrected chi connectivity index (χ2v) is 8.49. The fourth-order valence-corrected chi connectivity index (χ4v) is 4.94. The molecule has 5 rings (SSSR count). The van der Waals surface area contributed by atoms with Gasteiger partial charge in [-0.2, -0.15) is 0 Å². The Balaban J connectivity index is 0.00000205. The molecule has 1 N–H and O–H groups in total. The minimum absolute atomic E-state index is 0. The molecule has 3 heterocycles. The Hall–Kier alpha value is -1.63. The monoisotopic (exact) mass is 417 g/mol. The second-order valence-electron chi connectivity index (χ2n) is 8.49. The van der Waals surface area contributed by atoms with E-state index in [9.17, 15) is 0 Å². The fraction of sp³-hybridized carbons (Fsp3) is 0.636. The van der Waals surface area contributed by atoms with Gasteiger partial charge in [-0.05, 0) is 57.7 Å². The van der Waals surface area contributed by atoms with Crippen molar-refractivity contribution < 1.29 is 4.74 Å². The number of rotatable bonds is 5. The van der Waals surface area contributed by atoms with Gasteiger partial charge in [-0.15, -0.1) is 22.6 Å². The molecule has 0 spiro atoms. The summed E-state index contributed by atoms with van der Waals surface area (Å²) in [5.74, 6) is 3.94. The molecule has 6 nitrogen and oxygen atoms in total. The molecule has 1 aromatic carbocycles. The van der Waals surface area contributed by atoms with E-state index in [4.69, 9.17) is 4.74 Å². The first kappa shape index (κ1) is 20.6. The van der Waals surface area contributed by atoms with Crippen molar-refractivity contribution in [1.29, 1.82) is 0 Å². The highest BCUT2D eigenvalue weighted by Crippen LogP contribution is 2.31. The van der Waals surface area contributed by atoms with Crippen molar-refractivity contribution in [3.8, 4) is 5.75 Å². The van der Waals surface area contributed by atoms with E-state index in [1.54, 1.807) is 0 Å². The Morgan fingerprint density at radius 1 is 1.00 bits per heavy atom. The van der Waals surface area contributed by atoms with Crippen molar-refractivity contribution >= 4 is 12.4 Å². The van der Waals surface area contributed by atoms with Gasteiger partial charge < -0.3 is 14.6 Å². The van der Waals surface area contributed by atoms with E-state index in [0.29, 0.717) is 12.0 Å². The molecule has 1 aliphatic carbocycles. The van der Waals surface area contributed by atoms with Crippen LogP contribution in [0.5, 0.6) is 5.75 Å². The van der Waals surface area contributed by atoms with E-state index in [1.807, 2.05) is 0 Å². The number of likely N-dealkylation sites (tertiary alicyclic amines) is 1. The summed E-state index contributed by atoms with van der Waals surface area (Å²) in [6.07, 6.45) is 7.77. The van der Waals surface area contributed by atoms with Gasteiger partial charge in [0.25, 0.3) is 0 Å². The molecule has 7 heteroatoms. The number of para-hydroxylation sites is 1. The third kappa shape index (κ3) is 4.60. The summed E-state index contributed by atoms with van der Waals surface area (Å²) in [5, 5.41) is 12.3. The molecule has 2 aliphatic heterocycles. The third-order valence-corrected chi connectivity index (χ3v) is 6.57. The maximum Gasteiger partial charge on any atom is 0.147 e. The van der Waals surface area contributed by atoms with Gasteiger partial charge in [-0.25, -0.2) is 0 Å². The molecule has 0 amide bonds. The van der Waals surface area contributed by atoms with E-state index in [-0.39, 0.29) is 12.4 Å². The minimum Gasteiger partial charge on any atom is -0.490 e. The van der Waals surface area contributed by atoms with Crippen LogP contribution in [0.4, 0.5) is 0 Å². The minimum atomic E-state index is 0. The Morgan fingerprint density at radius 3 is 2.62 bits per heavy atom. The number of nitrogens with zero attached hydrogens (tertiary/aromatic N) is 4. The standard InChI is InChI=1S/C22H31N5O.ClH/c1-4-8-20(28-19-6-2-3-7-19)18(5-1)16-26-12-9-17(10-13-26)22-25-24-21-15-23-11-14-27(21)22;/h1,4-5,8,17,19,23H,2-3,6-7,9-16H2;1H. The zero-order valence-corrected chi connectivity index (χ0v) is 17.9. The Kier molecular flexibility index (Phi) is 6.73. The number of nitrogens with one attached hydrogen (secondary N) is 1. The lowest BCUT2D eigenvalue weighted by Crippen LogP contribution is -2.35. The van der Waals surface area contributed by atoms with Gasteiger partial charge in [-0.1, -0.05) is 18.2 Å². The summed E-state index contributed by atoms with van der Waals surface area (Å²) in [7, 11) is 0. The molecule has 1 saturated carbocycles. The molecular weight excluding hydrogens is 386 g/mol. The summed E-state index contributed by atoms with van der Waals surface area (Å²) in [6.45, 7) is 6.09. The highest BCUT2D eigenvalue weighted by Gasteiger charge is 2.27. The first-order valence-corrected chi connectivity index (χ1v) is 11.0. The van der Waals surface area contributed by atoms with Gasteiger partial charge in [0, 0.05) is 31.1 Å². The third-order valence-electron chi connectivity index (χ3n) is 6.57. The lowest BCUT2D eigenvalue weighted by molar-refractivity contribution is 0.184. The van der Waals surface area contributed by atoms with E-state index in [2.05, 4.69) is 49.2 Å². The van der Waals surface area contributed by atoms with Crippen LogP contribution in [-0.2, 0) is 19.6 Å². The van der Waals surface area contributed by atoms with Gasteiger partial charge >= 0.3 is 0 Å². The molecule has 3 aliphatic rings. The Bertz CT molecular complexity index is 796. The van der Waals surface area contributed by atoms with Crippen LogP contribution in [0.15, 0.2) is 24.3 Å². The number of fused-ring (bicyclic) bond motifs is 1. The van der Waals surface area contributed by atoms with Crippen molar-refractivity contribution in [1.82, 2.24) is 25.0 Å². The van der Waals surface area contributed by atoms with Crippen LogP contribution in [0.3, 0.4) is 0 Å². The summed E-state index contributed by atoms with van der Waals surface area (Å²) in [5.41, 5.74) is 1.33. The molecule has 1 saturated heterocycles. The lowest BCUT2D eigenvalue weighted by Gasteiger charge is -2.32. The van der Waals surface area contributed by atoms with Crippen LogP contribution >= 0.6 is 12.4 Å². The van der Waals surface area contributed by atoms with Crippen molar-refractivity contribution in [2.45, 2.75) is 70.2 Å². The summed E-state index contributed by atoms with van der Waals surface area (Å²) in [6, 6.07) is 8.62. The number of benzene rings is 1. The summed E-state index contributed by atoms with van der Waals surface area (Å²) >= 11 is 0. The van der Waals surface area contributed by atoms with Crippen molar-refractivity contribution in [2.75, 3.05) is 19.6 Å². The summed E-state index contributed by atoms with van der Waals surface area (Å²) < 4.78 is 8.68. The van der Waals surface area contributed by atoms with Gasteiger partial charge in [-0.3, -0.25) is 4.90 Å². The zero-order valence-electron chi connectivity index (χ0n) is 17.1. The summed E-state index contributed by atoms with van der Waals surface area (Å²) in [4.78, 5) is 2.57. The first-order valence-electron chi connectivity index (χ1n) is 11.0. The van der Waals surface area contributed by atoms with E-state index < -0.39 is 0 Å². The molecule has 158 valence electrons. The lowest BCUT2D eigenvalue weighted by atomic mass is 9.95. The van der Waals surface area contributed by atoms with Gasteiger partial charge in [0.05, 0.1) is 12.6 Å². The van der Waals surface area contributed by atoms with E-state index >= 15 is 0 Å². The highest BCUT2D eigenvalue weighted by atomic mass is 35.5. The average Bonchev–Trinajstić information content (AvgIpc) is 3.40. The van der Waals surface area contributed by atoms with Gasteiger partial charge in [0.2, 0.25) is 0 Å². The van der Waals surface area contributed by atoms with Crippen molar-refractivity contribution in [3.05, 3.63) is 41.5 Å². The first-order chi connectivity index (χ1) is 13.9. The van der Waals surface area contributed by atoms with Crippen LogP contribution in [0.1, 0.15) is 61.7 Å². The average molecular weight is 418 g/mol. The maximum atomic E-state index is 6.34. The van der Waals surface area contributed by atoms with Crippen LogP contribution in [0, 0.1) is 0 Å². The SMILES string of the molecule is Cl.c1ccc(OC2CCCC2)c(CN2CCC(c3nnc4n3CCNC4)CC2)c1. The second kappa shape index (κ2) is 9.45. The molecule has 2 fully saturated rings. The van der Waals surface area contributed by atoms with Crippen LogP contribution in [0.2, 0.25) is 0 Å². The molecule has 1 aromatic heterocycles. The van der Waals surface area contributed by atoms with E-state index in [1.165, 1.54) is 37.1 Å². The number of hydrogen-bond donors (Lipinski definition) is 1. The molecule has 0 radical (unpaired) electrons. The van der Waals surface area contributed by atoms with Crippen LogP contribution in [0.25, 0.3) is 0 Å². The van der Waals surface area contributed by atoms with Crippen LogP contribution in [-0.4, -0.2) is 45.4 Å². The number of halogens is 1. The van der Waals surface area contributed by atoms with Crippen molar-refractivity contribution in [3.63, 3.8) is 0 Å². The molecular formula is C22H32ClN5O. The van der Waals surface area contributed by atoms with Crippen molar-refractivity contribution in [2.24, 2.45) is 0 Å². The highest BCUT2D eigenvalue weighted by molar-refractivity contribution is 5.85.